The highest BCUT2D eigenvalue weighted by Crippen LogP contribution is 2.23. The van der Waals surface area contributed by atoms with Gasteiger partial charge in [0.1, 0.15) is 72.5 Å². The topological polar surface area (TPSA) is 568 Å². The molecule has 0 aromatic rings. The van der Waals surface area contributed by atoms with E-state index < -0.39 is 213 Å². The minimum atomic E-state index is -1.98. The molecule has 0 radical (unpaired) electrons. The molecule has 0 aromatic carbocycles. The second-order valence-corrected chi connectivity index (χ2v) is 21.1. The monoisotopic (exact) mass is 1240 g/mol. The number of carboxylic acid groups (broad SMARTS) is 3. The van der Waals surface area contributed by atoms with Crippen molar-refractivity contribution >= 4 is 88.8 Å². The molecule has 12 amide bonds. The lowest BCUT2D eigenvalue weighted by Crippen LogP contribution is -2.61. The van der Waals surface area contributed by atoms with E-state index >= 15 is 0 Å². The lowest BCUT2D eigenvalue weighted by Gasteiger charge is -2.32. The molecule has 0 unspecified atom stereocenters. The van der Waals surface area contributed by atoms with Crippen LogP contribution < -0.4 is 59.3 Å². The number of nitrogens with two attached hydrogens (primary N) is 2. The van der Waals surface area contributed by atoms with Crippen LogP contribution in [-0.4, -0.2) is 270 Å². The minimum absolute atomic E-state index is 0.00866. The first-order valence-electron chi connectivity index (χ1n) is 28.3. The summed E-state index contributed by atoms with van der Waals surface area (Å²) in [7, 11) is 0. The molecule has 36 nitrogen and oxygen atoms in total. The van der Waals surface area contributed by atoms with Gasteiger partial charge in [0.15, 0.2) is 0 Å². The maximum absolute atomic E-state index is 13.9. The van der Waals surface area contributed by atoms with Crippen molar-refractivity contribution < 1.29 is 108 Å². The highest BCUT2D eigenvalue weighted by molar-refractivity contribution is 6.00. The molecule has 0 spiro atoms. The van der Waals surface area contributed by atoms with E-state index in [0.29, 0.717) is 25.7 Å². The van der Waals surface area contributed by atoms with Crippen molar-refractivity contribution in [3.63, 3.8) is 0 Å². The second kappa shape index (κ2) is 35.4. The number of unbranched alkanes of at least 4 members (excludes halogenated alkanes) is 1. The molecule has 20 N–H and O–H groups in total. The number of aliphatic hydroxyl groups excluding tert-OH is 4. The third kappa shape index (κ3) is 21.9. The van der Waals surface area contributed by atoms with E-state index in [9.17, 15) is 108 Å². The normalized spacial score (nSPS) is 19.8. The predicted octanol–water partition coefficient (Wildman–Crippen LogP) is -9.77. The summed E-state index contributed by atoms with van der Waals surface area (Å²) >= 11 is 0. The lowest BCUT2D eigenvalue weighted by atomic mass is 10.1. The Bertz CT molecular complexity index is 2520. The minimum Gasteiger partial charge on any atom is -0.481 e. The number of amides is 12. The fourth-order valence-electron chi connectivity index (χ4n) is 9.70. The van der Waals surface area contributed by atoms with Crippen molar-refractivity contribution in [1.82, 2.24) is 62.6 Å². The molecule has 0 saturated carbocycles. The molecule has 3 aliphatic heterocycles. The number of carboxylic acids is 3. The molecular weight excluding hydrogens is 1160 g/mol. The van der Waals surface area contributed by atoms with Gasteiger partial charge in [0.25, 0.3) is 0 Å². The summed E-state index contributed by atoms with van der Waals surface area (Å²) in [6, 6.07) is -17.9. The average molecular weight is 1240 g/mol. The van der Waals surface area contributed by atoms with Crippen LogP contribution in [0.15, 0.2) is 0 Å². The molecule has 488 valence electrons. The number of likely N-dealkylation sites (tertiary alicyclic amines) is 3. The maximum atomic E-state index is 13.9. The number of aliphatic carboxylic acids is 3. The van der Waals surface area contributed by atoms with Gasteiger partial charge in [-0.25, -0.2) is 4.79 Å². The first-order chi connectivity index (χ1) is 41.0. The highest BCUT2D eigenvalue weighted by atomic mass is 16.4. The van der Waals surface area contributed by atoms with Gasteiger partial charge in [-0.2, -0.15) is 0 Å². The molecule has 0 aromatic heterocycles. The van der Waals surface area contributed by atoms with Crippen LogP contribution in [0, 0.1) is 0 Å². The van der Waals surface area contributed by atoms with Crippen LogP contribution in [0.2, 0.25) is 0 Å². The number of nitrogens with one attached hydrogen (secondary N) is 9. The average Bonchev–Trinajstić information content (AvgIpc) is 4.52. The molecule has 3 heterocycles. The molecule has 13 atom stereocenters. The molecule has 3 fully saturated rings. The van der Waals surface area contributed by atoms with Crippen LogP contribution in [0.5, 0.6) is 0 Å². The highest BCUT2D eigenvalue weighted by Gasteiger charge is 2.44. The fourth-order valence-corrected chi connectivity index (χ4v) is 9.70. The van der Waals surface area contributed by atoms with Crippen molar-refractivity contribution in [2.45, 2.75) is 176 Å². The van der Waals surface area contributed by atoms with Crippen LogP contribution in [0.1, 0.15) is 97.8 Å². The van der Waals surface area contributed by atoms with Gasteiger partial charge >= 0.3 is 17.9 Å². The van der Waals surface area contributed by atoms with Crippen LogP contribution in [0.4, 0.5) is 0 Å². The number of hydrogen-bond acceptors (Lipinski definition) is 21. The Morgan fingerprint density at radius 1 is 0.494 bits per heavy atom. The molecular formula is C51H82N14O22. The Hall–Kier alpha value is -8.19. The van der Waals surface area contributed by atoms with Crippen LogP contribution >= 0.6 is 0 Å². The zero-order valence-electron chi connectivity index (χ0n) is 48.4. The standard InChI is InChI=1S/C51H82N14O22/c1-24(41(76)62-39(26(3)69)50(85)65-18-8-12-35(65)46(81)60-31(22-67)49(84)64-17-7-11-34(64)47(82)61-32(23-68)51(86)87)55-36(70)20-54-42(77)30(19-38(73)74)59-44(79)29(13-14-37(71)72)57-40(75)25(2)56-43(78)28(9-4-5-15-52)58-45(80)33-10-6-16-63(33)48(83)27(53)21-66/h24-35,39,66-69H,4-23,52-53H2,1-3H3,(H,54,77)(H,55,70)(H,56,78)(H,57,75)(H,58,80)(H,59,79)(H,60,81)(H,61,82)(H,62,76)(H,71,72)(H,73,74)(H,86,87)/t24-,25-,26+,27-,28-,29-,30-,31-,32-,33-,34-,35-,39-/m0/s1. The van der Waals surface area contributed by atoms with Gasteiger partial charge in [0.05, 0.1) is 38.9 Å². The Morgan fingerprint density at radius 3 is 1.44 bits per heavy atom. The van der Waals surface area contributed by atoms with Crippen molar-refractivity contribution in [3.05, 3.63) is 0 Å². The summed E-state index contributed by atoms with van der Waals surface area (Å²) in [6.45, 7) is 0.219. The summed E-state index contributed by atoms with van der Waals surface area (Å²) in [5, 5.41) is 88.2. The van der Waals surface area contributed by atoms with Crippen LogP contribution in [0.25, 0.3) is 0 Å². The molecule has 3 saturated heterocycles. The van der Waals surface area contributed by atoms with E-state index in [4.69, 9.17) is 11.5 Å². The number of aliphatic hydroxyl groups is 4. The van der Waals surface area contributed by atoms with Gasteiger partial charge in [-0.3, -0.25) is 67.1 Å². The van der Waals surface area contributed by atoms with Crippen LogP contribution in [0.3, 0.4) is 0 Å². The number of rotatable bonds is 35. The van der Waals surface area contributed by atoms with Gasteiger partial charge in [-0.15, -0.1) is 0 Å². The van der Waals surface area contributed by atoms with Crippen molar-refractivity contribution in [3.8, 4) is 0 Å². The molecule has 3 rings (SSSR count). The van der Waals surface area contributed by atoms with E-state index in [1.165, 1.54) is 11.8 Å². The van der Waals surface area contributed by atoms with E-state index in [0.717, 1.165) is 23.6 Å². The van der Waals surface area contributed by atoms with Crippen molar-refractivity contribution in [2.75, 3.05) is 52.5 Å². The lowest BCUT2D eigenvalue weighted by molar-refractivity contribution is -0.147. The van der Waals surface area contributed by atoms with Gasteiger partial charge < -0.3 is 110 Å². The zero-order chi connectivity index (χ0) is 65.4. The number of carbonyl (C=O) groups excluding carboxylic acids is 12. The summed E-state index contributed by atoms with van der Waals surface area (Å²) < 4.78 is 0. The smallest absolute Gasteiger partial charge is 0.328 e. The Balaban J connectivity index is 1.63. The number of hydrogen-bond donors (Lipinski definition) is 18. The first kappa shape index (κ1) is 73.1. The molecule has 0 bridgehead atoms. The number of nitrogens with zero attached hydrogens (tertiary/aromatic N) is 3. The fraction of sp³-hybridized carbons (Fsp3) is 0.706. The third-order valence-corrected chi connectivity index (χ3v) is 14.5. The molecule has 87 heavy (non-hydrogen) atoms. The molecule has 3 aliphatic rings. The number of carbonyl (C=O) groups is 15. The Morgan fingerprint density at radius 2 is 0.954 bits per heavy atom. The Labute approximate surface area is 498 Å². The Kier molecular flexibility index (Phi) is 29.8. The van der Waals surface area contributed by atoms with E-state index in [-0.39, 0.29) is 58.3 Å². The van der Waals surface area contributed by atoms with Gasteiger partial charge in [-0.05, 0) is 91.5 Å². The van der Waals surface area contributed by atoms with Crippen LogP contribution in [-0.2, 0) is 71.9 Å². The second-order valence-electron chi connectivity index (χ2n) is 21.1. The zero-order valence-corrected chi connectivity index (χ0v) is 48.4. The van der Waals surface area contributed by atoms with Gasteiger partial charge in [0, 0.05) is 26.1 Å². The molecule has 0 aliphatic carbocycles. The largest absolute Gasteiger partial charge is 0.481 e. The SMILES string of the molecule is C[C@H](NC(=O)CNC(=O)[C@H](CC(=O)O)NC(=O)[C@H](CCC(=O)O)NC(=O)[C@H](C)NC(=O)[C@H](CCCCN)NC(=O)[C@@H]1CCCN1C(=O)[C@@H](N)CO)C(=O)N[C@H](C(=O)N1CCC[C@H]1C(=O)N[C@@H](CO)C(=O)N1CCC[C@H]1C(=O)N[C@@H](CO)C(=O)O)[C@@H](C)O. The van der Waals surface area contributed by atoms with E-state index in [2.05, 4.69) is 47.9 Å². The summed E-state index contributed by atoms with van der Waals surface area (Å²) in [6.07, 6.45) is -2.07. The summed E-state index contributed by atoms with van der Waals surface area (Å²) in [5.41, 5.74) is 11.3. The molecule has 36 heteroatoms. The van der Waals surface area contributed by atoms with E-state index in [1.54, 1.807) is 0 Å². The van der Waals surface area contributed by atoms with Crippen molar-refractivity contribution in [2.24, 2.45) is 11.5 Å². The van der Waals surface area contributed by atoms with Crippen molar-refractivity contribution in [1.29, 1.82) is 0 Å². The van der Waals surface area contributed by atoms with Gasteiger partial charge in [0.2, 0.25) is 70.9 Å². The summed E-state index contributed by atoms with van der Waals surface area (Å²) in [4.78, 5) is 199. The summed E-state index contributed by atoms with van der Waals surface area (Å²) in [5.74, 6) is -16.4. The van der Waals surface area contributed by atoms with Gasteiger partial charge in [-0.1, -0.05) is 0 Å². The first-order valence-corrected chi connectivity index (χ1v) is 28.3. The quantitative estimate of drug-likeness (QED) is 0.0262. The third-order valence-electron chi connectivity index (χ3n) is 14.5. The maximum Gasteiger partial charge on any atom is 0.328 e. The predicted molar refractivity (Wildman–Crippen MR) is 295 cm³/mol. The van der Waals surface area contributed by atoms with E-state index in [1.807, 2.05) is 0 Å².